The van der Waals surface area contributed by atoms with Gasteiger partial charge in [0.05, 0.1) is 7.11 Å². The normalized spacial score (nSPS) is 9.43. The lowest BCUT2D eigenvalue weighted by molar-refractivity contribution is 0.102. The summed E-state index contributed by atoms with van der Waals surface area (Å²) in [5.41, 5.74) is 0.772. The Balaban J connectivity index is 2.20. The van der Waals surface area contributed by atoms with Gasteiger partial charge < -0.3 is 15.2 Å². The third kappa shape index (κ3) is 3.78. The van der Waals surface area contributed by atoms with Gasteiger partial charge >= 0.3 is 0 Å². The Hall–Kier alpha value is -2.91. The third-order valence-corrected chi connectivity index (χ3v) is 2.50. The van der Waals surface area contributed by atoms with Crippen LogP contribution in [0.25, 0.3) is 0 Å². The Bertz CT molecular complexity index is 705. The number of carbonyl (C=O) groups is 1. The molecule has 0 aliphatic carbocycles. The first kappa shape index (κ1) is 14.5. The summed E-state index contributed by atoms with van der Waals surface area (Å²) >= 11 is 0. The largest absolute Gasteiger partial charge is 0.480 e. The van der Waals surface area contributed by atoms with Crippen LogP contribution in [0.1, 0.15) is 16.1 Å². The molecule has 0 aliphatic rings. The molecule has 0 saturated carbocycles. The standard InChI is InChI=1S/C15H13N3O3/c1-21-15-12(7-3-9-16-15)14(20)18-13-8-2-5-11(17-13)6-4-10-19/h2-3,5,7-9,19H,10H2,1H3,(H,17,18,20). The van der Waals surface area contributed by atoms with E-state index in [4.69, 9.17) is 9.84 Å². The lowest BCUT2D eigenvalue weighted by Gasteiger charge is -2.07. The number of hydrogen-bond acceptors (Lipinski definition) is 5. The zero-order valence-electron chi connectivity index (χ0n) is 11.3. The van der Waals surface area contributed by atoms with E-state index in [-0.39, 0.29) is 18.4 Å². The minimum absolute atomic E-state index is 0.242. The second kappa shape index (κ2) is 7.03. The molecule has 0 saturated heterocycles. The number of pyridine rings is 2. The fourth-order valence-corrected chi connectivity index (χ4v) is 1.61. The van der Waals surface area contributed by atoms with Crippen molar-refractivity contribution in [2.45, 2.75) is 0 Å². The number of aliphatic hydroxyl groups is 1. The Morgan fingerprint density at radius 1 is 1.38 bits per heavy atom. The van der Waals surface area contributed by atoms with Crippen molar-refractivity contribution in [3.8, 4) is 17.7 Å². The van der Waals surface area contributed by atoms with Crippen molar-refractivity contribution in [2.75, 3.05) is 19.0 Å². The van der Waals surface area contributed by atoms with E-state index in [1.807, 2.05) is 0 Å². The molecule has 0 aromatic carbocycles. The fraction of sp³-hybridized carbons (Fsp3) is 0.133. The summed E-state index contributed by atoms with van der Waals surface area (Å²) in [6.07, 6.45) is 1.54. The van der Waals surface area contributed by atoms with Crippen molar-refractivity contribution >= 4 is 11.7 Å². The summed E-state index contributed by atoms with van der Waals surface area (Å²) in [5, 5.41) is 11.3. The second-order valence-electron chi connectivity index (χ2n) is 3.88. The van der Waals surface area contributed by atoms with Crippen LogP contribution in [0.4, 0.5) is 5.82 Å². The molecule has 1 amide bonds. The van der Waals surface area contributed by atoms with Gasteiger partial charge in [0.15, 0.2) is 0 Å². The van der Waals surface area contributed by atoms with Gasteiger partial charge in [0.25, 0.3) is 5.91 Å². The number of methoxy groups -OCH3 is 1. The van der Waals surface area contributed by atoms with Crippen molar-refractivity contribution in [3.63, 3.8) is 0 Å². The molecule has 6 heteroatoms. The monoisotopic (exact) mass is 283 g/mol. The predicted octanol–water partition coefficient (Wildman–Crippen LogP) is 1.08. The molecule has 0 aliphatic heterocycles. The van der Waals surface area contributed by atoms with E-state index in [1.54, 1.807) is 36.5 Å². The summed E-state index contributed by atoms with van der Waals surface area (Å²) in [6, 6.07) is 8.29. The molecule has 0 atom stereocenters. The number of nitrogens with one attached hydrogen (secondary N) is 1. The average Bonchev–Trinajstić information content (AvgIpc) is 2.53. The SMILES string of the molecule is COc1ncccc1C(=O)Nc1cccc(C#CCO)n1. The molecule has 2 heterocycles. The van der Waals surface area contributed by atoms with Gasteiger partial charge in [-0.25, -0.2) is 9.97 Å². The van der Waals surface area contributed by atoms with Crippen LogP contribution in [0.15, 0.2) is 36.5 Å². The molecule has 0 radical (unpaired) electrons. The van der Waals surface area contributed by atoms with Crippen LogP contribution >= 0.6 is 0 Å². The quantitative estimate of drug-likeness (QED) is 0.823. The van der Waals surface area contributed by atoms with Gasteiger partial charge in [-0.3, -0.25) is 4.79 Å². The molecule has 0 spiro atoms. The van der Waals surface area contributed by atoms with Crippen LogP contribution in [0.3, 0.4) is 0 Å². The van der Waals surface area contributed by atoms with Crippen LogP contribution in [0.2, 0.25) is 0 Å². The highest BCUT2D eigenvalue weighted by atomic mass is 16.5. The molecular weight excluding hydrogens is 270 g/mol. The van der Waals surface area contributed by atoms with Gasteiger partial charge in [0, 0.05) is 6.20 Å². The molecule has 2 aromatic heterocycles. The first-order valence-corrected chi connectivity index (χ1v) is 6.11. The smallest absolute Gasteiger partial charge is 0.262 e. The molecule has 0 fully saturated rings. The summed E-state index contributed by atoms with van der Waals surface area (Å²) in [5.74, 6) is 5.39. The zero-order valence-corrected chi connectivity index (χ0v) is 11.3. The van der Waals surface area contributed by atoms with Crippen LogP contribution in [-0.4, -0.2) is 34.7 Å². The highest BCUT2D eigenvalue weighted by Gasteiger charge is 2.13. The molecule has 2 rings (SSSR count). The molecule has 2 N–H and O–H groups in total. The van der Waals surface area contributed by atoms with E-state index >= 15 is 0 Å². The van der Waals surface area contributed by atoms with Crippen molar-refractivity contribution in [3.05, 3.63) is 47.8 Å². The van der Waals surface area contributed by atoms with Crippen LogP contribution in [-0.2, 0) is 0 Å². The summed E-state index contributed by atoms with van der Waals surface area (Å²) in [6.45, 7) is -0.245. The van der Waals surface area contributed by atoms with E-state index < -0.39 is 0 Å². The number of anilines is 1. The van der Waals surface area contributed by atoms with Gasteiger partial charge in [0.2, 0.25) is 5.88 Å². The molecule has 2 aromatic rings. The Morgan fingerprint density at radius 2 is 2.24 bits per heavy atom. The first-order chi connectivity index (χ1) is 10.2. The number of amides is 1. The lowest BCUT2D eigenvalue weighted by atomic mass is 10.2. The number of ether oxygens (including phenoxy) is 1. The third-order valence-electron chi connectivity index (χ3n) is 2.50. The van der Waals surface area contributed by atoms with Crippen LogP contribution < -0.4 is 10.1 Å². The summed E-state index contributed by atoms with van der Waals surface area (Å²) in [7, 11) is 1.45. The lowest BCUT2D eigenvalue weighted by Crippen LogP contribution is -2.14. The first-order valence-electron chi connectivity index (χ1n) is 6.11. The summed E-state index contributed by atoms with van der Waals surface area (Å²) in [4.78, 5) is 20.3. The molecular formula is C15H13N3O3. The predicted molar refractivity (Wildman–Crippen MR) is 76.9 cm³/mol. The van der Waals surface area contributed by atoms with E-state index in [0.717, 1.165) is 0 Å². The Kier molecular flexibility index (Phi) is 4.85. The molecule has 21 heavy (non-hydrogen) atoms. The number of aliphatic hydroxyl groups excluding tert-OH is 1. The van der Waals surface area contributed by atoms with Crippen molar-refractivity contribution in [1.29, 1.82) is 0 Å². The minimum Gasteiger partial charge on any atom is -0.480 e. The van der Waals surface area contributed by atoms with Crippen molar-refractivity contribution in [1.82, 2.24) is 9.97 Å². The molecule has 0 unspecified atom stereocenters. The van der Waals surface area contributed by atoms with E-state index in [1.165, 1.54) is 7.11 Å². The number of hydrogen-bond donors (Lipinski definition) is 2. The fourth-order valence-electron chi connectivity index (χ4n) is 1.61. The van der Waals surface area contributed by atoms with Crippen molar-refractivity contribution < 1.29 is 14.6 Å². The maximum Gasteiger partial charge on any atom is 0.262 e. The second-order valence-corrected chi connectivity index (χ2v) is 3.88. The number of nitrogens with zero attached hydrogens (tertiary/aromatic N) is 2. The van der Waals surface area contributed by atoms with Gasteiger partial charge in [-0.1, -0.05) is 12.0 Å². The van der Waals surface area contributed by atoms with E-state index in [2.05, 4.69) is 27.1 Å². The summed E-state index contributed by atoms with van der Waals surface area (Å²) < 4.78 is 5.04. The maximum atomic E-state index is 12.2. The molecule has 0 bridgehead atoms. The Labute approximate surface area is 121 Å². The van der Waals surface area contributed by atoms with E-state index in [9.17, 15) is 4.79 Å². The van der Waals surface area contributed by atoms with E-state index in [0.29, 0.717) is 17.1 Å². The average molecular weight is 283 g/mol. The number of carbonyl (C=O) groups excluding carboxylic acids is 1. The number of rotatable bonds is 3. The van der Waals surface area contributed by atoms with Gasteiger partial charge in [0.1, 0.15) is 23.7 Å². The van der Waals surface area contributed by atoms with Gasteiger partial charge in [-0.05, 0) is 30.2 Å². The zero-order chi connectivity index (χ0) is 15.1. The molecule has 106 valence electrons. The van der Waals surface area contributed by atoms with Crippen molar-refractivity contribution in [2.24, 2.45) is 0 Å². The van der Waals surface area contributed by atoms with Gasteiger partial charge in [-0.15, -0.1) is 0 Å². The van der Waals surface area contributed by atoms with Gasteiger partial charge in [-0.2, -0.15) is 0 Å². The highest BCUT2D eigenvalue weighted by molar-refractivity contribution is 6.05. The topological polar surface area (TPSA) is 84.3 Å². The van der Waals surface area contributed by atoms with Crippen LogP contribution in [0, 0.1) is 11.8 Å². The maximum absolute atomic E-state index is 12.2. The highest BCUT2D eigenvalue weighted by Crippen LogP contribution is 2.15. The minimum atomic E-state index is -0.375. The molecule has 6 nitrogen and oxygen atoms in total. The van der Waals surface area contributed by atoms with Crippen LogP contribution in [0.5, 0.6) is 5.88 Å². The number of aromatic nitrogens is 2. The Morgan fingerprint density at radius 3 is 3.00 bits per heavy atom.